The zero-order valence-corrected chi connectivity index (χ0v) is 9.33. The van der Waals surface area contributed by atoms with Gasteiger partial charge in [-0.25, -0.2) is 0 Å². The van der Waals surface area contributed by atoms with Crippen molar-refractivity contribution >= 4 is 27.3 Å². The molecule has 0 saturated heterocycles. The lowest BCUT2D eigenvalue weighted by atomic mass is 10.2. The van der Waals surface area contributed by atoms with Crippen LogP contribution in [0.3, 0.4) is 0 Å². The average Bonchev–Trinajstić information content (AvgIpc) is 2.31. The van der Waals surface area contributed by atoms with E-state index in [1.165, 1.54) is 23.3 Å². The van der Waals surface area contributed by atoms with Crippen LogP contribution in [-0.4, -0.2) is 4.83 Å². The Bertz CT molecular complexity index is 215. The Morgan fingerprint density at radius 2 is 2.36 bits per heavy atom. The fourth-order valence-corrected chi connectivity index (χ4v) is 2.15. The van der Waals surface area contributed by atoms with E-state index in [-0.39, 0.29) is 0 Å². The van der Waals surface area contributed by atoms with E-state index in [0.717, 1.165) is 0 Å². The molecule has 1 atom stereocenters. The fourth-order valence-electron chi connectivity index (χ4n) is 0.990. The van der Waals surface area contributed by atoms with Crippen molar-refractivity contribution in [1.82, 2.24) is 0 Å². The van der Waals surface area contributed by atoms with Crippen LogP contribution in [0.4, 0.5) is 0 Å². The van der Waals surface area contributed by atoms with Gasteiger partial charge in [-0.2, -0.15) is 0 Å². The summed E-state index contributed by atoms with van der Waals surface area (Å²) in [5, 5.41) is 2.17. The zero-order valence-electron chi connectivity index (χ0n) is 6.93. The van der Waals surface area contributed by atoms with Crippen LogP contribution < -0.4 is 0 Å². The van der Waals surface area contributed by atoms with Crippen LogP contribution in [0.25, 0.3) is 0 Å². The molecule has 1 aromatic heterocycles. The molecule has 1 rings (SSSR count). The summed E-state index contributed by atoms with van der Waals surface area (Å²) in [6.45, 7) is 4.38. The fraction of sp³-hybridized carbons (Fsp3) is 0.556. The minimum Gasteiger partial charge on any atom is -0.149 e. The lowest BCUT2D eigenvalue weighted by Gasteiger charge is -2.01. The maximum Gasteiger partial charge on any atom is 0.0121 e. The summed E-state index contributed by atoms with van der Waals surface area (Å²) in [5.41, 5.74) is 1.45. The molecule has 0 aromatic carbocycles. The molecule has 1 aromatic rings. The summed E-state index contributed by atoms with van der Waals surface area (Å²) in [7, 11) is 0. The summed E-state index contributed by atoms with van der Waals surface area (Å²) in [4.78, 5) is 2.18. The number of hydrogen-bond acceptors (Lipinski definition) is 1. The third-order valence-corrected chi connectivity index (χ3v) is 3.28. The Labute approximate surface area is 80.8 Å². The largest absolute Gasteiger partial charge is 0.149 e. The molecule has 2 heteroatoms. The quantitative estimate of drug-likeness (QED) is 0.697. The molecule has 0 aliphatic heterocycles. The molecule has 1 heterocycles. The molecule has 62 valence electrons. The van der Waals surface area contributed by atoms with Gasteiger partial charge in [0.15, 0.2) is 0 Å². The lowest BCUT2D eigenvalue weighted by Crippen LogP contribution is -1.92. The summed E-state index contributed by atoms with van der Waals surface area (Å²) in [6, 6.07) is 2.19. The van der Waals surface area contributed by atoms with E-state index < -0.39 is 0 Å². The van der Waals surface area contributed by atoms with Gasteiger partial charge in [0.2, 0.25) is 0 Å². The van der Waals surface area contributed by atoms with E-state index in [1.807, 2.05) is 11.3 Å². The van der Waals surface area contributed by atoms with Crippen LogP contribution in [-0.2, 0) is 6.42 Å². The molecular formula is C9H13BrS. The number of rotatable bonds is 3. The van der Waals surface area contributed by atoms with Gasteiger partial charge >= 0.3 is 0 Å². The van der Waals surface area contributed by atoms with Crippen molar-refractivity contribution in [2.24, 2.45) is 0 Å². The molecule has 0 amide bonds. The first-order valence-electron chi connectivity index (χ1n) is 3.87. The molecule has 0 fully saturated rings. The monoisotopic (exact) mass is 232 g/mol. The Morgan fingerprint density at radius 1 is 1.64 bits per heavy atom. The number of thiophene rings is 1. The highest BCUT2D eigenvalue weighted by atomic mass is 79.9. The van der Waals surface area contributed by atoms with Crippen LogP contribution in [0.2, 0.25) is 0 Å². The lowest BCUT2D eigenvalue weighted by molar-refractivity contribution is 0.829. The van der Waals surface area contributed by atoms with Gasteiger partial charge < -0.3 is 0 Å². The molecule has 0 radical (unpaired) electrons. The first-order valence-corrected chi connectivity index (χ1v) is 5.66. The molecule has 0 bridgehead atoms. The van der Waals surface area contributed by atoms with Crippen molar-refractivity contribution in [3.8, 4) is 0 Å². The van der Waals surface area contributed by atoms with Crippen molar-refractivity contribution in [2.45, 2.75) is 31.5 Å². The Morgan fingerprint density at radius 3 is 2.82 bits per heavy atom. The van der Waals surface area contributed by atoms with E-state index >= 15 is 0 Å². The van der Waals surface area contributed by atoms with Gasteiger partial charge in [-0.3, -0.25) is 0 Å². The minimum atomic E-state index is 0.643. The normalized spacial score (nSPS) is 13.4. The van der Waals surface area contributed by atoms with Crippen molar-refractivity contribution in [1.29, 1.82) is 0 Å². The van der Waals surface area contributed by atoms with Crippen LogP contribution >= 0.6 is 27.3 Å². The molecule has 0 nitrogen and oxygen atoms in total. The second-order valence-corrected chi connectivity index (χ2v) is 5.41. The van der Waals surface area contributed by atoms with Gasteiger partial charge in [0, 0.05) is 9.70 Å². The topological polar surface area (TPSA) is 0 Å². The maximum absolute atomic E-state index is 3.55. The van der Waals surface area contributed by atoms with E-state index in [1.54, 1.807) is 0 Å². The predicted molar refractivity (Wildman–Crippen MR) is 55.8 cm³/mol. The molecule has 0 spiro atoms. The summed E-state index contributed by atoms with van der Waals surface area (Å²) in [6.07, 6.45) is 2.46. The maximum atomic E-state index is 3.55. The van der Waals surface area contributed by atoms with Gasteiger partial charge in [0.05, 0.1) is 0 Å². The van der Waals surface area contributed by atoms with Crippen LogP contribution in [0.5, 0.6) is 0 Å². The van der Waals surface area contributed by atoms with Crippen molar-refractivity contribution in [3.63, 3.8) is 0 Å². The van der Waals surface area contributed by atoms with Crippen molar-refractivity contribution in [2.75, 3.05) is 0 Å². The zero-order chi connectivity index (χ0) is 8.27. The number of hydrogen-bond donors (Lipinski definition) is 0. The first kappa shape index (κ1) is 9.27. The molecule has 0 aliphatic rings. The molecule has 11 heavy (non-hydrogen) atoms. The Hall–Kier alpha value is 0.180. The summed E-state index contributed by atoms with van der Waals surface area (Å²) >= 11 is 5.42. The second-order valence-electron chi connectivity index (χ2n) is 2.85. The number of aryl methyl sites for hydroxylation is 2. The Kier molecular flexibility index (Phi) is 3.60. The molecule has 0 saturated carbocycles. The van der Waals surface area contributed by atoms with E-state index in [9.17, 15) is 0 Å². The number of alkyl halides is 1. The van der Waals surface area contributed by atoms with Crippen LogP contribution in [0.1, 0.15) is 23.8 Å². The molecular weight excluding hydrogens is 220 g/mol. The third kappa shape index (κ3) is 2.96. The van der Waals surface area contributed by atoms with Gasteiger partial charge in [0.25, 0.3) is 0 Å². The highest BCUT2D eigenvalue weighted by molar-refractivity contribution is 9.09. The molecule has 0 aliphatic carbocycles. The van der Waals surface area contributed by atoms with Crippen molar-refractivity contribution < 1.29 is 0 Å². The standard InChI is InChI=1S/C9H13BrS/c1-7-5-6-11-9(7)4-3-8(2)10/h5-6,8H,3-4H2,1-2H3. The minimum absolute atomic E-state index is 0.643. The summed E-state index contributed by atoms with van der Waals surface area (Å²) < 4.78 is 0. The van der Waals surface area contributed by atoms with Crippen LogP contribution in [0.15, 0.2) is 11.4 Å². The smallest absolute Gasteiger partial charge is 0.0121 e. The van der Waals surface area contributed by atoms with Gasteiger partial charge in [-0.1, -0.05) is 22.9 Å². The highest BCUT2D eigenvalue weighted by Gasteiger charge is 2.01. The first-order chi connectivity index (χ1) is 5.20. The van der Waals surface area contributed by atoms with Gasteiger partial charge in [0.1, 0.15) is 0 Å². The van der Waals surface area contributed by atoms with Crippen molar-refractivity contribution in [3.05, 3.63) is 21.9 Å². The SMILES string of the molecule is Cc1ccsc1CCC(C)Br. The second kappa shape index (κ2) is 4.27. The van der Waals surface area contributed by atoms with E-state index in [0.29, 0.717) is 4.83 Å². The van der Waals surface area contributed by atoms with E-state index in [4.69, 9.17) is 0 Å². The highest BCUT2D eigenvalue weighted by Crippen LogP contribution is 2.19. The average molecular weight is 233 g/mol. The molecule has 0 N–H and O–H groups in total. The van der Waals surface area contributed by atoms with Crippen LogP contribution in [0, 0.1) is 6.92 Å². The third-order valence-electron chi connectivity index (χ3n) is 1.74. The predicted octanol–water partition coefficient (Wildman–Crippen LogP) is 3.77. The van der Waals surface area contributed by atoms with Gasteiger partial charge in [-0.05, 0) is 36.8 Å². The number of halogens is 1. The van der Waals surface area contributed by atoms with Gasteiger partial charge in [-0.15, -0.1) is 11.3 Å². The molecule has 1 unspecified atom stereocenters. The summed E-state index contributed by atoms with van der Waals surface area (Å²) in [5.74, 6) is 0. The Balaban J connectivity index is 2.44. The van der Waals surface area contributed by atoms with E-state index in [2.05, 4.69) is 41.2 Å².